The number of nitrogens with zero attached hydrogens (tertiary/aromatic N) is 1. The molecule has 13 heteroatoms. The molecule has 37 heavy (non-hydrogen) atoms. The molecule has 3 aromatic carbocycles. The van der Waals surface area contributed by atoms with Crippen molar-refractivity contribution < 1.29 is 40.2 Å². The number of non-ortho nitro benzene ring substituents is 1. The van der Waals surface area contributed by atoms with Crippen molar-refractivity contribution in [1.82, 2.24) is 0 Å². The van der Waals surface area contributed by atoms with E-state index in [1.807, 2.05) is 0 Å². The van der Waals surface area contributed by atoms with Crippen molar-refractivity contribution in [3.05, 3.63) is 89.0 Å². The van der Waals surface area contributed by atoms with Crippen LogP contribution in [0.25, 0.3) is 0 Å². The standard InChI is InChI=1S/C24H25NO10S2/c26-25(27)20-6-10-24(11-7-20)37(30,31)35-19-17-33-15-14-32-16-18-34-21-8-12-23(13-9-21)36(28,29)22-4-2-1-3-5-22/h1-13H,14-19H2. The van der Waals surface area contributed by atoms with Gasteiger partial charge in [0.05, 0.1) is 52.6 Å². The van der Waals surface area contributed by atoms with Crippen LogP contribution in [0.15, 0.2) is 93.5 Å². The third kappa shape index (κ3) is 8.33. The Hall–Kier alpha value is -3.36. The Bertz CT molecular complexity index is 1360. The maximum absolute atomic E-state index is 12.6. The summed E-state index contributed by atoms with van der Waals surface area (Å²) in [4.78, 5) is 10.2. The van der Waals surface area contributed by atoms with Crippen LogP contribution in [0, 0.1) is 10.1 Å². The lowest BCUT2D eigenvalue weighted by atomic mass is 10.3. The summed E-state index contributed by atoms with van der Waals surface area (Å²) < 4.78 is 70.3. The highest BCUT2D eigenvalue weighted by Crippen LogP contribution is 2.23. The van der Waals surface area contributed by atoms with Crippen molar-refractivity contribution in [2.24, 2.45) is 0 Å². The normalized spacial score (nSPS) is 11.8. The van der Waals surface area contributed by atoms with Crippen LogP contribution in [-0.4, -0.2) is 61.4 Å². The van der Waals surface area contributed by atoms with Crippen LogP contribution in [0.2, 0.25) is 0 Å². The predicted molar refractivity (Wildman–Crippen MR) is 132 cm³/mol. The molecule has 0 N–H and O–H groups in total. The van der Waals surface area contributed by atoms with Crippen molar-refractivity contribution in [3.63, 3.8) is 0 Å². The van der Waals surface area contributed by atoms with Gasteiger partial charge in [-0.2, -0.15) is 8.42 Å². The van der Waals surface area contributed by atoms with Crippen LogP contribution in [0.3, 0.4) is 0 Å². The maximum atomic E-state index is 12.6. The zero-order chi connectivity index (χ0) is 26.7. The third-order valence-corrected chi connectivity index (χ3v) is 7.97. The van der Waals surface area contributed by atoms with E-state index in [0.29, 0.717) is 5.75 Å². The minimum absolute atomic E-state index is 0.00428. The number of ether oxygens (including phenoxy) is 3. The largest absolute Gasteiger partial charge is 0.491 e. The van der Waals surface area contributed by atoms with Crippen molar-refractivity contribution in [2.75, 3.05) is 39.6 Å². The third-order valence-electron chi connectivity index (χ3n) is 4.86. The first-order valence-electron chi connectivity index (χ1n) is 11.0. The Morgan fingerprint density at radius 1 is 0.622 bits per heavy atom. The van der Waals surface area contributed by atoms with Gasteiger partial charge < -0.3 is 14.2 Å². The molecule has 0 fully saturated rings. The van der Waals surface area contributed by atoms with E-state index in [2.05, 4.69) is 0 Å². The first kappa shape index (κ1) is 28.2. The smallest absolute Gasteiger partial charge is 0.297 e. The summed E-state index contributed by atoms with van der Waals surface area (Å²) in [6.07, 6.45) is 0. The topological polar surface area (TPSA) is 148 Å². The fourth-order valence-electron chi connectivity index (χ4n) is 3.00. The van der Waals surface area contributed by atoms with Gasteiger partial charge in [0.2, 0.25) is 9.84 Å². The fourth-order valence-corrected chi connectivity index (χ4v) is 5.17. The second-order valence-electron chi connectivity index (χ2n) is 7.39. The molecule has 0 saturated heterocycles. The second-order valence-corrected chi connectivity index (χ2v) is 11.0. The molecule has 0 bridgehead atoms. The van der Waals surface area contributed by atoms with Gasteiger partial charge in [0.15, 0.2) is 0 Å². The van der Waals surface area contributed by atoms with Crippen LogP contribution in [0.5, 0.6) is 5.75 Å². The van der Waals surface area contributed by atoms with Crippen molar-refractivity contribution in [2.45, 2.75) is 14.7 Å². The van der Waals surface area contributed by atoms with E-state index >= 15 is 0 Å². The van der Waals surface area contributed by atoms with Crippen LogP contribution in [0.4, 0.5) is 5.69 Å². The maximum Gasteiger partial charge on any atom is 0.297 e. The fraction of sp³-hybridized carbons (Fsp3) is 0.250. The van der Waals surface area contributed by atoms with Gasteiger partial charge in [-0.25, -0.2) is 8.42 Å². The monoisotopic (exact) mass is 551 g/mol. The molecule has 0 atom stereocenters. The minimum Gasteiger partial charge on any atom is -0.491 e. The highest BCUT2D eigenvalue weighted by Gasteiger charge is 2.18. The molecule has 0 heterocycles. The molecule has 0 spiro atoms. The second kappa shape index (κ2) is 13.3. The SMILES string of the molecule is O=[N+]([O-])c1ccc(S(=O)(=O)OCCOCCOCCOc2ccc(S(=O)(=O)c3ccccc3)cc2)cc1. The van der Waals surface area contributed by atoms with E-state index in [4.69, 9.17) is 18.4 Å². The molecule has 0 aliphatic heterocycles. The van der Waals surface area contributed by atoms with E-state index in [1.165, 1.54) is 24.3 Å². The molecule has 3 aromatic rings. The number of hydrogen-bond acceptors (Lipinski definition) is 10. The van der Waals surface area contributed by atoms with Crippen molar-refractivity contribution in [3.8, 4) is 5.75 Å². The lowest BCUT2D eigenvalue weighted by Gasteiger charge is -2.09. The molecule has 0 aliphatic carbocycles. The number of rotatable bonds is 15. The van der Waals surface area contributed by atoms with Crippen LogP contribution >= 0.6 is 0 Å². The van der Waals surface area contributed by atoms with Gasteiger partial charge in [0.1, 0.15) is 12.4 Å². The summed E-state index contributed by atoms with van der Waals surface area (Å²) in [7, 11) is -7.63. The van der Waals surface area contributed by atoms with E-state index in [0.717, 1.165) is 24.3 Å². The molecular formula is C24H25NO10S2. The number of hydrogen-bond donors (Lipinski definition) is 0. The molecule has 0 aliphatic rings. The summed E-state index contributed by atoms with van der Waals surface area (Å²) >= 11 is 0. The summed E-state index contributed by atoms with van der Waals surface area (Å²) in [5.41, 5.74) is -0.222. The summed E-state index contributed by atoms with van der Waals surface area (Å²) in [6.45, 7) is 0.724. The molecule has 198 valence electrons. The Labute approximate surface area is 214 Å². The first-order chi connectivity index (χ1) is 17.7. The van der Waals surface area contributed by atoms with Gasteiger partial charge >= 0.3 is 0 Å². The average molecular weight is 552 g/mol. The predicted octanol–water partition coefficient (Wildman–Crippen LogP) is 3.25. The Morgan fingerprint density at radius 3 is 1.73 bits per heavy atom. The molecule has 0 aromatic heterocycles. The lowest BCUT2D eigenvalue weighted by Crippen LogP contribution is -2.14. The van der Waals surface area contributed by atoms with Gasteiger partial charge in [-0.1, -0.05) is 18.2 Å². The van der Waals surface area contributed by atoms with Gasteiger partial charge in [0, 0.05) is 12.1 Å². The van der Waals surface area contributed by atoms with Gasteiger partial charge in [-0.15, -0.1) is 0 Å². The zero-order valence-electron chi connectivity index (χ0n) is 19.6. The zero-order valence-corrected chi connectivity index (χ0v) is 21.2. The highest BCUT2D eigenvalue weighted by atomic mass is 32.2. The van der Waals surface area contributed by atoms with Crippen molar-refractivity contribution in [1.29, 1.82) is 0 Å². The average Bonchev–Trinajstić information content (AvgIpc) is 2.90. The summed E-state index contributed by atoms with van der Waals surface area (Å²) in [5, 5.41) is 10.6. The van der Waals surface area contributed by atoms with E-state index < -0.39 is 24.9 Å². The van der Waals surface area contributed by atoms with Crippen LogP contribution < -0.4 is 4.74 Å². The van der Waals surface area contributed by atoms with Gasteiger partial charge in [-0.05, 0) is 48.5 Å². The molecule has 0 amide bonds. The molecule has 3 rings (SSSR count). The Kier molecular flexibility index (Phi) is 10.1. The molecular weight excluding hydrogens is 526 g/mol. The summed E-state index contributed by atoms with van der Waals surface area (Å²) in [6, 6.07) is 18.6. The van der Waals surface area contributed by atoms with E-state index in [-0.39, 0.29) is 60.0 Å². The molecule has 0 unspecified atom stereocenters. The van der Waals surface area contributed by atoms with E-state index in [1.54, 1.807) is 30.3 Å². The lowest BCUT2D eigenvalue weighted by molar-refractivity contribution is -0.384. The number of benzene rings is 3. The van der Waals surface area contributed by atoms with Crippen LogP contribution in [0.1, 0.15) is 0 Å². The van der Waals surface area contributed by atoms with Gasteiger partial charge in [0.25, 0.3) is 15.8 Å². The molecule has 0 radical (unpaired) electrons. The quantitative estimate of drug-likeness (QED) is 0.119. The summed E-state index contributed by atoms with van der Waals surface area (Å²) in [5.74, 6) is 0.498. The van der Waals surface area contributed by atoms with Crippen LogP contribution in [-0.2, 0) is 33.6 Å². The van der Waals surface area contributed by atoms with Gasteiger partial charge in [-0.3, -0.25) is 14.3 Å². The highest BCUT2D eigenvalue weighted by molar-refractivity contribution is 7.91. The number of sulfone groups is 1. The van der Waals surface area contributed by atoms with Crippen molar-refractivity contribution >= 4 is 25.6 Å². The molecule has 11 nitrogen and oxygen atoms in total. The minimum atomic E-state index is -4.04. The molecule has 0 saturated carbocycles. The Morgan fingerprint density at radius 2 is 1.14 bits per heavy atom. The Balaban J connectivity index is 1.27. The number of nitro groups is 1. The number of nitro benzene ring substituents is 1. The van der Waals surface area contributed by atoms with E-state index in [9.17, 15) is 26.9 Å². The first-order valence-corrected chi connectivity index (χ1v) is 13.9.